The average Bonchev–Trinajstić information content (AvgIpc) is 2.74. The Morgan fingerprint density at radius 3 is 2.61 bits per heavy atom. The summed E-state index contributed by atoms with van der Waals surface area (Å²) in [4.78, 5) is 1.87. The molecule has 1 heterocycles. The Balaban J connectivity index is 2.59. The third-order valence-corrected chi connectivity index (χ3v) is 2.39. The maximum absolute atomic E-state index is 9.82. The van der Waals surface area contributed by atoms with Crippen LogP contribution in [0.3, 0.4) is 0 Å². The standard InChI is InChI=1S/C12H24N4O2/c1-5-7-13-8-10-14-15-11(18-10)16(6-2)9-12(3,4)17/h13,17H,5-9H2,1-4H3. The van der Waals surface area contributed by atoms with E-state index in [1.165, 1.54) is 0 Å². The van der Waals surface area contributed by atoms with Crippen molar-refractivity contribution >= 4 is 6.01 Å². The molecule has 0 bridgehead atoms. The molecule has 6 heteroatoms. The predicted octanol–water partition coefficient (Wildman–Crippen LogP) is 1.17. The van der Waals surface area contributed by atoms with Gasteiger partial charge in [-0.2, -0.15) is 0 Å². The summed E-state index contributed by atoms with van der Waals surface area (Å²) in [5.74, 6) is 0.577. The molecule has 1 aromatic heterocycles. The number of likely N-dealkylation sites (N-methyl/N-ethyl adjacent to an activating group) is 1. The normalized spacial score (nSPS) is 11.8. The molecule has 2 N–H and O–H groups in total. The molecule has 0 aromatic carbocycles. The summed E-state index contributed by atoms with van der Waals surface area (Å²) in [6.45, 7) is 10.3. The number of hydrogen-bond acceptors (Lipinski definition) is 6. The van der Waals surface area contributed by atoms with Gasteiger partial charge in [-0.25, -0.2) is 0 Å². The highest BCUT2D eigenvalue weighted by Gasteiger charge is 2.21. The molecule has 0 radical (unpaired) electrons. The van der Waals surface area contributed by atoms with Gasteiger partial charge in [0.2, 0.25) is 5.89 Å². The van der Waals surface area contributed by atoms with Crippen LogP contribution in [0.5, 0.6) is 0 Å². The fourth-order valence-corrected chi connectivity index (χ4v) is 1.60. The van der Waals surface area contributed by atoms with Crippen molar-refractivity contribution in [3.8, 4) is 0 Å². The molecule has 0 aliphatic carbocycles. The Hall–Kier alpha value is -1.14. The van der Waals surface area contributed by atoms with Gasteiger partial charge in [-0.1, -0.05) is 12.0 Å². The lowest BCUT2D eigenvalue weighted by atomic mass is 10.1. The van der Waals surface area contributed by atoms with Crippen LogP contribution >= 0.6 is 0 Å². The van der Waals surface area contributed by atoms with Crippen LogP contribution < -0.4 is 10.2 Å². The summed E-state index contributed by atoms with van der Waals surface area (Å²) in [5, 5.41) is 21.0. The van der Waals surface area contributed by atoms with Crippen molar-refractivity contribution in [3.63, 3.8) is 0 Å². The van der Waals surface area contributed by atoms with Gasteiger partial charge in [0, 0.05) is 6.54 Å². The van der Waals surface area contributed by atoms with Crippen LogP contribution in [0.25, 0.3) is 0 Å². The molecule has 0 saturated carbocycles. The van der Waals surface area contributed by atoms with E-state index in [2.05, 4.69) is 22.4 Å². The lowest BCUT2D eigenvalue weighted by Gasteiger charge is -2.26. The monoisotopic (exact) mass is 256 g/mol. The quantitative estimate of drug-likeness (QED) is 0.680. The predicted molar refractivity (Wildman–Crippen MR) is 70.5 cm³/mol. The van der Waals surface area contributed by atoms with Gasteiger partial charge in [-0.05, 0) is 33.7 Å². The molecule has 6 nitrogen and oxygen atoms in total. The summed E-state index contributed by atoms with van der Waals surface area (Å²) in [6.07, 6.45) is 1.07. The van der Waals surface area contributed by atoms with Gasteiger partial charge < -0.3 is 19.7 Å². The largest absolute Gasteiger partial charge is 0.407 e. The number of hydrogen-bond donors (Lipinski definition) is 2. The molecule has 1 aromatic rings. The van der Waals surface area contributed by atoms with Crippen molar-refractivity contribution in [1.82, 2.24) is 15.5 Å². The smallest absolute Gasteiger partial charge is 0.318 e. The molecule has 0 fully saturated rings. The molecule has 0 aliphatic rings. The first kappa shape index (κ1) is 14.9. The lowest BCUT2D eigenvalue weighted by Crippen LogP contribution is -2.38. The van der Waals surface area contributed by atoms with Crippen molar-refractivity contribution in [2.45, 2.75) is 46.3 Å². The Labute approximate surface area is 108 Å². The zero-order valence-electron chi connectivity index (χ0n) is 11.7. The average molecular weight is 256 g/mol. The molecule has 104 valence electrons. The van der Waals surface area contributed by atoms with Gasteiger partial charge in [0.05, 0.1) is 18.7 Å². The van der Waals surface area contributed by atoms with E-state index in [0.29, 0.717) is 31.5 Å². The first-order valence-corrected chi connectivity index (χ1v) is 6.46. The highest BCUT2D eigenvalue weighted by atomic mass is 16.4. The van der Waals surface area contributed by atoms with Gasteiger partial charge >= 0.3 is 6.01 Å². The molecule has 0 aliphatic heterocycles. The highest BCUT2D eigenvalue weighted by Crippen LogP contribution is 2.15. The number of aliphatic hydroxyl groups is 1. The van der Waals surface area contributed by atoms with Crippen LogP contribution in [0.2, 0.25) is 0 Å². The number of nitrogens with one attached hydrogen (secondary N) is 1. The Morgan fingerprint density at radius 1 is 1.33 bits per heavy atom. The van der Waals surface area contributed by atoms with Gasteiger partial charge in [-0.3, -0.25) is 0 Å². The van der Waals surface area contributed by atoms with Crippen molar-refractivity contribution in [3.05, 3.63) is 5.89 Å². The summed E-state index contributed by atoms with van der Waals surface area (Å²) < 4.78 is 5.56. The van der Waals surface area contributed by atoms with E-state index in [4.69, 9.17) is 4.42 Å². The van der Waals surface area contributed by atoms with E-state index in [1.54, 1.807) is 13.8 Å². The molecule has 1 rings (SSSR count). The second-order valence-electron chi connectivity index (χ2n) is 4.98. The van der Waals surface area contributed by atoms with E-state index in [1.807, 2.05) is 11.8 Å². The van der Waals surface area contributed by atoms with Crippen molar-refractivity contribution in [1.29, 1.82) is 0 Å². The van der Waals surface area contributed by atoms with Crippen LogP contribution in [-0.2, 0) is 6.54 Å². The van der Waals surface area contributed by atoms with Gasteiger partial charge in [0.15, 0.2) is 0 Å². The van der Waals surface area contributed by atoms with Gasteiger partial charge in [0.25, 0.3) is 0 Å². The van der Waals surface area contributed by atoms with E-state index >= 15 is 0 Å². The van der Waals surface area contributed by atoms with E-state index in [9.17, 15) is 5.11 Å². The molecular weight excluding hydrogens is 232 g/mol. The zero-order chi connectivity index (χ0) is 13.6. The molecule has 0 saturated heterocycles. The summed E-state index contributed by atoms with van der Waals surface area (Å²) >= 11 is 0. The molecule has 18 heavy (non-hydrogen) atoms. The third-order valence-electron chi connectivity index (χ3n) is 2.39. The summed E-state index contributed by atoms with van der Waals surface area (Å²) in [7, 11) is 0. The number of aromatic nitrogens is 2. The third kappa shape index (κ3) is 5.01. The fraction of sp³-hybridized carbons (Fsp3) is 0.833. The fourth-order valence-electron chi connectivity index (χ4n) is 1.60. The second kappa shape index (κ2) is 6.70. The Bertz CT molecular complexity index is 346. The molecule has 0 atom stereocenters. The van der Waals surface area contributed by atoms with Gasteiger partial charge in [-0.15, -0.1) is 5.10 Å². The van der Waals surface area contributed by atoms with Crippen molar-refractivity contribution < 1.29 is 9.52 Å². The maximum atomic E-state index is 9.82. The first-order chi connectivity index (χ1) is 8.46. The lowest BCUT2D eigenvalue weighted by molar-refractivity contribution is 0.0863. The minimum absolute atomic E-state index is 0.466. The highest BCUT2D eigenvalue weighted by molar-refractivity contribution is 5.24. The topological polar surface area (TPSA) is 74.4 Å². The summed E-state index contributed by atoms with van der Waals surface area (Å²) in [6, 6.07) is 0.466. The minimum atomic E-state index is -0.787. The van der Waals surface area contributed by atoms with Crippen LogP contribution in [0, 0.1) is 0 Å². The molecule has 0 amide bonds. The zero-order valence-corrected chi connectivity index (χ0v) is 11.7. The molecule has 0 spiro atoms. The van der Waals surface area contributed by atoms with E-state index in [-0.39, 0.29) is 0 Å². The molecule has 0 unspecified atom stereocenters. The van der Waals surface area contributed by atoms with Crippen LogP contribution in [0.15, 0.2) is 4.42 Å². The van der Waals surface area contributed by atoms with Crippen LogP contribution in [0.1, 0.15) is 40.0 Å². The van der Waals surface area contributed by atoms with E-state index < -0.39 is 5.60 Å². The van der Waals surface area contributed by atoms with Crippen molar-refractivity contribution in [2.24, 2.45) is 0 Å². The van der Waals surface area contributed by atoms with Crippen LogP contribution in [-0.4, -0.2) is 40.5 Å². The summed E-state index contributed by atoms with van der Waals surface area (Å²) in [5.41, 5.74) is -0.787. The maximum Gasteiger partial charge on any atom is 0.318 e. The Kier molecular flexibility index (Phi) is 5.55. The first-order valence-electron chi connectivity index (χ1n) is 6.46. The molecular formula is C12H24N4O2. The number of nitrogens with zero attached hydrogens (tertiary/aromatic N) is 3. The van der Waals surface area contributed by atoms with Crippen molar-refractivity contribution in [2.75, 3.05) is 24.5 Å². The SMILES string of the molecule is CCCNCc1nnc(N(CC)CC(C)(C)O)o1. The van der Waals surface area contributed by atoms with Gasteiger partial charge in [0.1, 0.15) is 0 Å². The number of anilines is 1. The minimum Gasteiger partial charge on any atom is -0.407 e. The van der Waals surface area contributed by atoms with E-state index in [0.717, 1.165) is 13.0 Å². The van der Waals surface area contributed by atoms with Crippen LogP contribution in [0.4, 0.5) is 6.01 Å². The Morgan fingerprint density at radius 2 is 2.06 bits per heavy atom. The number of rotatable bonds is 8. The second-order valence-corrected chi connectivity index (χ2v) is 4.98.